The molecule has 146 valence electrons. The van der Waals surface area contributed by atoms with Crippen LogP contribution in [0.25, 0.3) is 10.2 Å². The standard InChI is InChI=1S/C17H20N4O4S2.Na.H/c1-9(2)7-21-14-12(13(22)19(3)17(21)25)11(15(23)24)10(27-14)8-20-6-5-18-16(20)26-4;;/h5-6,9H,7-8H2,1-4H3,(H,23,24);;/q;+1;-1. The van der Waals surface area contributed by atoms with Gasteiger partial charge >= 0.3 is 41.2 Å². The summed E-state index contributed by atoms with van der Waals surface area (Å²) in [7, 11) is 1.38. The Kier molecular flexibility index (Phi) is 7.38. The molecule has 3 aromatic heterocycles. The Balaban J connectivity index is 0.00000210. The molecule has 0 aliphatic rings. The normalized spacial score (nSPS) is 11.2. The number of thiophene rings is 1. The number of rotatable bonds is 6. The first kappa shape index (κ1) is 23.0. The molecule has 0 bridgehead atoms. The van der Waals surface area contributed by atoms with Crippen LogP contribution in [-0.4, -0.2) is 36.0 Å². The first-order valence-electron chi connectivity index (χ1n) is 8.29. The minimum atomic E-state index is -1.17. The van der Waals surface area contributed by atoms with Crippen LogP contribution >= 0.6 is 23.1 Å². The predicted molar refractivity (Wildman–Crippen MR) is 107 cm³/mol. The molecule has 8 nitrogen and oxygen atoms in total. The third kappa shape index (κ3) is 4.02. The van der Waals surface area contributed by atoms with Gasteiger partial charge in [0.25, 0.3) is 5.56 Å². The van der Waals surface area contributed by atoms with Crippen LogP contribution in [0, 0.1) is 5.92 Å². The predicted octanol–water partition coefficient (Wildman–Crippen LogP) is -0.801. The molecule has 0 spiro atoms. The van der Waals surface area contributed by atoms with E-state index in [1.807, 2.05) is 24.7 Å². The van der Waals surface area contributed by atoms with Crippen LogP contribution < -0.4 is 40.8 Å². The van der Waals surface area contributed by atoms with Gasteiger partial charge in [-0.1, -0.05) is 25.6 Å². The zero-order chi connectivity index (χ0) is 19.9. The second-order valence-electron chi connectivity index (χ2n) is 6.58. The maximum Gasteiger partial charge on any atom is 1.00 e. The van der Waals surface area contributed by atoms with Gasteiger partial charge in [-0.3, -0.25) is 13.9 Å². The fourth-order valence-corrected chi connectivity index (χ4v) is 4.81. The van der Waals surface area contributed by atoms with Gasteiger partial charge in [-0.25, -0.2) is 14.6 Å². The summed E-state index contributed by atoms with van der Waals surface area (Å²) >= 11 is 2.64. The number of fused-ring (bicyclic) bond motifs is 1. The summed E-state index contributed by atoms with van der Waals surface area (Å²) in [6.07, 6.45) is 5.30. The molecule has 3 heterocycles. The molecular formula is C17H21N4NaO4S2. The van der Waals surface area contributed by atoms with Gasteiger partial charge in [0, 0.05) is 30.9 Å². The Morgan fingerprint density at radius 3 is 2.64 bits per heavy atom. The molecule has 1 N–H and O–H groups in total. The summed E-state index contributed by atoms with van der Waals surface area (Å²) < 4.78 is 4.32. The number of aromatic nitrogens is 4. The minimum Gasteiger partial charge on any atom is -1.00 e. The number of carboxylic acid groups (broad SMARTS) is 1. The van der Waals surface area contributed by atoms with Crippen LogP contribution in [0.15, 0.2) is 27.1 Å². The van der Waals surface area contributed by atoms with Crippen LogP contribution in [0.4, 0.5) is 0 Å². The van der Waals surface area contributed by atoms with Crippen molar-refractivity contribution in [2.24, 2.45) is 13.0 Å². The number of hydrogen-bond donors (Lipinski definition) is 1. The SMILES string of the molecule is CSc1nccn1Cc1sc2c(c1C(=O)O)c(=O)n(C)c(=O)n2CC(C)C.[H-].[Na+]. The Bertz CT molecular complexity index is 1150. The average molecular weight is 433 g/mol. The number of thioether (sulfide) groups is 1. The van der Waals surface area contributed by atoms with E-state index in [1.165, 1.54) is 34.7 Å². The molecule has 0 fully saturated rings. The van der Waals surface area contributed by atoms with Gasteiger partial charge in [0.05, 0.1) is 17.5 Å². The van der Waals surface area contributed by atoms with Crippen molar-refractivity contribution in [2.45, 2.75) is 32.1 Å². The van der Waals surface area contributed by atoms with Crippen LogP contribution in [0.5, 0.6) is 0 Å². The number of nitrogens with zero attached hydrogens (tertiary/aromatic N) is 4. The molecule has 0 unspecified atom stereocenters. The monoisotopic (exact) mass is 432 g/mol. The van der Waals surface area contributed by atoms with Gasteiger partial charge in [-0.2, -0.15) is 0 Å². The number of aromatic carboxylic acids is 1. The van der Waals surface area contributed by atoms with Crippen molar-refractivity contribution in [3.63, 3.8) is 0 Å². The van der Waals surface area contributed by atoms with Crippen molar-refractivity contribution in [1.82, 2.24) is 18.7 Å². The van der Waals surface area contributed by atoms with Crippen molar-refractivity contribution in [3.05, 3.63) is 43.7 Å². The molecular weight excluding hydrogens is 411 g/mol. The van der Waals surface area contributed by atoms with E-state index in [4.69, 9.17) is 0 Å². The fraction of sp³-hybridized carbons (Fsp3) is 0.412. The molecule has 0 aromatic carbocycles. The second kappa shape index (κ2) is 9.00. The van der Waals surface area contributed by atoms with Crippen molar-refractivity contribution >= 4 is 39.3 Å². The molecule has 0 amide bonds. The van der Waals surface area contributed by atoms with Gasteiger partial charge in [0.2, 0.25) is 0 Å². The van der Waals surface area contributed by atoms with E-state index in [2.05, 4.69) is 4.98 Å². The molecule has 3 aromatic rings. The van der Waals surface area contributed by atoms with Gasteiger partial charge in [-0.15, -0.1) is 11.3 Å². The molecule has 28 heavy (non-hydrogen) atoms. The third-order valence-corrected chi connectivity index (χ3v) is 6.08. The molecule has 0 atom stereocenters. The van der Waals surface area contributed by atoms with Crippen LogP contribution in [0.2, 0.25) is 0 Å². The van der Waals surface area contributed by atoms with E-state index >= 15 is 0 Å². The summed E-state index contributed by atoms with van der Waals surface area (Å²) in [6.45, 7) is 4.61. The van der Waals surface area contributed by atoms with E-state index in [-0.39, 0.29) is 54.4 Å². The van der Waals surface area contributed by atoms with Crippen molar-refractivity contribution in [1.29, 1.82) is 0 Å². The maximum absolute atomic E-state index is 12.7. The molecule has 0 saturated heterocycles. The largest absolute Gasteiger partial charge is 1.00 e. The van der Waals surface area contributed by atoms with Gasteiger partial charge < -0.3 is 11.1 Å². The van der Waals surface area contributed by atoms with Gasteiger partial charge in [0.15, 0.2) is 5.16 Å². The zero-order valence-corrected chi connectivity index (χ0v) is 20.1. The number of carbonyl (C=O) groups is 1. The van der Waals surface area contributed by atoms with Crippen molar-refractivity contribution in [3.8, 4) is 0 Å². The van der Waals surface area contributed by atoms with Crippen molar-refractivity contribution < 1.29 is 40.9 Å². The van der Waals surface area contributed by atoms with Crippen molar-refractivity contribution in [2.75, 3.05) is 6.26 Å². The summed E-state index contributed by atoms with van der Waals surface area (Å²) in [5.74, 6) is -1.01. The Hall–Kier alpha value is -1.33. The average Bonchev–Trinajstić information content (AvgIpc) is 3.21. The Labute approximate surface area is 193 Å². The fourth-order valence-electron chi connectivity index (χ4n) is 3.00. The van der Waals surface area contributed by atoms with Gasteiger partial charge in [0.1, 0.15) is 4.83 Å². The van der Waals surface area contributed by atoms with Gasteiger partial charge in [-0.05, 0) is 12.2 Å². The number of hydrogen-bond acceptors (Lipinski definition) is 6. The smallest absolute Gasteiger partial charge is 1.00 e. The van der Waals surface area contributed by atoms with E-state index in [9.17, 15) is 19.5 Å². The van der Waals surface area contributed by atoms with E-state index in [0.717, 1.165) is 9.72 Å². The molecule has 3 rings (SSSR count). The third-order valence-electron chi connectivity index (χ3n) is 4.18. The molecule has 0 radical (unpaired) electrons. The maximum atomic E-state index is 12.7. The number of carboxylic acids is 1. The molecule has 0 aliphatic heterocycles. The second-order valence-corrected chi connectivity index (χ2v) is 8.44. The Morgan fingerprint density at radius 2 is 2.07 bits per heavy atom. The summed E-state index contributed by atoms with van der Waals surface area (Å²) in [5, 5.41) is 10.6. The van der Waals surface area contributed by atoms with E-state index in [1.54, 1.807) is 12.4 Å². The molecule has 11 heteroatoms. The summed E-state index contributed by atoms with van der Waals surface area (Å²) in [4.78, 5) is 42.5. The van der Waals surface area contributed by atoms with Crippen LogP contribution in [0.1, 0.15) is 30.5 Å². The Morgan fingerprint density at radius 1 is 1.39 bits per heavy atom. The zero-order valence-electron chi connectivity index (χ0n) is 17.4. The quantitative estimate of drug-likeness (QED) is 0.405. The number of imidazole rings is 1. The summed E-state index contributed by atoms with van der Waals surface area (Å²) in [5.41, 5.74) is -1.04. The summed E-state index contributed by atoms with van der Waals surface area (Å²) in [6, 6.07) is 0. The van der Waals surface area contributed by atoms with Crippen LogP contribution in [-0.2, 0) is 20.1 Å². The molecule has 0 aliphatic carbocycles. The molecule has 0 saturated carbocycles. The first-order valence-corrected chi connectivity index (χ1v) is 10.3. The van der Waals surface area contributed by atoms with E-state index in [0.29, 0.717) is 16.3 Å². The topological polar surface area (TPSA) is 99.1 Å². The van der Waals surface area contributed by atoms with Crippen LogP contribution in [0.3, 0.4) is 0 Å². The van der Waals surface area contributed by atoms with E-state index < -0.39 is 17.2 Å². The minimum absolute atomic E-state index is 0. The first-order chi connectivity index (χ1) is 12.8.